The Kier molecular flexibility index (Phi) is 3.69. The molecule has 2 rings (SSSR count). The van der Waals surface area contributed by atoms with E-state index in [9.17, 15) is 9.18 Å². The summed E-state index contributed by atoms with van der Waals surface area (Å²) < 4.78 is 13.8. The maximum absolute atomic E-state index is 13.8. The molecular weight excluding hydrogens is 229 g/mol. The maximum atomic E-state index is 13.8. The molecule has 0 spiro atoms. The minimum Gasteiger partial charge on any atom is -0.351 e. The van der Waals surface area contributed by atoms with E-state index in [0.29, 0.717) is 17.5 Å². The third-order valence-electron chi connectivity index (χ3n) is 3.80. The summed E-state index contributed by atoms with van der Waals surface area (Å²) in [5.74, 6) is -0.700. The summed E-state index contributed by atoms with van der Waals surface area (Å²) in [6, 6.07) is 4.93. The number of hydrogen-bond acceptors (Lipinski definition) is 1. The van der Waals surface area contributed by atoms with E-state index in [0.717, 1.165) is 12.8 Å². The number of halogens is 1. The lowest BCUT2D eigenvalue weighted by atomic mass is 10.0. The van der Waals surface area contributed by atoms with Crippen LogP contribution in [0.2, 0.25) is 0 Å². The van der Waals surface area contributed by atoms with Crippen molar-refractivity contribution in [1.82, 2.24) is 5.32 Å². The third-order valence-corrected chi connectivity index (χ3v) is 3.80. The van der Waals surface area contributed by atoms with Gasteiger partial charge in [0.2, 0.25) is 0 Å². The predicted molar refractivity (Wildman–Crippen MR) is 70.0 cm³/mol. The molecule has 1 amide bonds. The highest BCUT2D eigenvalue weighted by Crippen LogP contribution is 2.48. The summed E-state index contributed by atoms with van der Waals surface area (Å²) in [5, 5.41) is 2.88. The predicted octanol–water partition coefficient (Wildman–Crippen LogP) is 3.44. The molecule has 0 aromatic heterocycles. The highest BCUT2D eigenvalue weighted by atomic mass is 19.1. The van der Waals surface area contributed by atoms with Crippen molar-refractivity contribution < 1.29 is 9.18 Å². The van der Waals surface area contributed by atoms with E-state index < -0.39 is 5.82 Å². The van der Waals surface area contributed by atoms with E-state index in [-0.39, 0.29) is 11.5 Å². The second kappa shape index (κ2) is 5.09. The number of carbonyl (C=O) groups excluding carboxylic acids is 1. The molecule has 0 heterocycles. The van der Waals surface area contributed by atoms with Crippen LogP contribution in [0.3, 0.4) is 0 Å². The van der Waals surface area contributed by atoms with Crippen LogP contribution in [0.4, 0.5) is 4.39 Å². The van der Waals surface area contributed by atoms with Gasteiger partial charge in [-0.1, -0.05) is 25.5 Å². The topological polar surface area (TPSA) is 29.1 Å². The zero-order valence-corrected chi connectivity index (χ0v) is 11.1. The summed E-state index contributed by atoms with van der Waals surface area (Å²) in [7, 11) is 0. The van der Waals surface area contributed by atoms with Gasteiger partial charge in [-0.2, -0.15) is 0 Å². The van der Waals surface area contributed by atoms with E-state index in [1.807, 2.05) is 0 Å². The molecule has 98 valence electrons. The molecule has 18 heavy (non-hydrogen) atoms. The molecule has 1 fully saturated rings. The van der Waals surface area contributed by atoms with E-state index in [1.165, 1.54) is 18.9 Å². The lowest BCUT2D eigenvalue weighted by molar-refractivity contribution is 0.0939. The molecule has 0 unspecified atom stereocenters. The van der Waals surface area contributed by atoms with Gasteiger partial charge >= 0.3 is 0 Å². The zero-order valence-electron chi connectivity index (χ0n) is 11.1. The van der Waals surface area contributed by atoms with Crippen molar-refractivity contribution in [2.45, 2.75) is 39.5 Å². The standard InChI is InChI=1S/C15H20FNO/c1-3-7-15(8-9-15)10-17-14(18)12-6-4-5-11(2)13(12)16/h4-6H,3,7-10H2,1-2H3,(H,17,18). The van der Waals surface area contributed by atoms with Gasteiger partial charge in [-0.15, -0.1) is 0 Å². The van der Waals surface area contributed by atoms with Gasteiger partial charge in [-0.05, 0) is 43.2 Å². The smallest absolute Gasteiger partial charge is 0.254 e. The van der Waals surface area contributed by atoms with Crippen LogP contribution >= 0.6 is 0 Å². The quantitative estimate of drug-likeness (QED) is 0.851. The minimum absolute atomic E-state index is 0.155. The van der Waals surface area contributed by atoms with Crippen LogP contribution in [0.15, 0.2) is 18.2 Å². The molecule has 1 aliphatic rings. The Morgan fingerprint density at radius 3 is 2.78 bits per heavy atom. The molecule has 0 bridgehead atoms. The Morgan fingerprint density at radius 1 is 1.44 bits per heavy atom. The SMILES string of the molecule is CCCC1(CNC(=O)c2cccc(C)c2F)CC1. The molecule has 0 radical (unpaired) electrons. The lowest BCUT2D eigenvalue weighted by Gasteiger charge is -2.15. The van der Waals surface area contributed by atoms with Crippen molar-refractivity contribution in [2.75, 3.05) is 6.54 Å². The van der Waals surface area contributed by atoms with Crippen LogP contribution in [0, 0.1) is 18.2 Å². The first-order chi connectivity index (χ1) is 8.58. The number of benzene rings is 1. The monoisotopic (exact) mass is 249 g/mol. The number of aryl methyl sites for hydroxylation is 1. The van der Waals surface area contributed by atoms with Crippen LogP contribution in [-0.4, -0.2) is 12.5 Å². The molecule has 2 nitrogen and oxygen atoms in total. The summed E-state index contributed by atoms with van der Waals surface area (Å²) >= 11 is 0. The van der Waals surface area contributed by atoms with Gasteiger partial charge < -0.3 is 5.32 Å². The van der Waals surface area contributed by atoms with Gasteiger partial charge in [-0.25, -0.2) is 4.39 Å². The van der Waals surface area contributed by atoms with Crippen molar-refractivity contribution in [3.63, 3.8) is 0 Å². The van der Waals surface area contributed by atoms with Crippen LogP contribution < -0.4 is 5.32 Å². The Bertz CT molecular complexity index is 452. The van der Waals surface area contributed by atoms with Gasteiger partial charge in [0.15, 0.2) is 0 Å². The Hall–Kier alpha value is -1.38. The van der Waals surface area contributed by atoms with Crippen LogP contribution in [0.5, 0.6) is 0 Å². The summed E-state index contributed by atoms with van der Waals surface area (Å²) in [4.78, 5) is 11.9. The third kappa shape index (κ3) is 2.71. The van der Waals surface area contributed by atoms with Gasteiger partial charge in [0.25, 0.3) is 5.91 Å². The molecule has 1 aromatic carbocycles. The first-order valence-corrected chi connectivity index (χ1v) is 6.61. The largest absolute Gasteiger partial charge is 0.351 e. The fraction of sp³-hybridized carbons (Fsp3) is 0.533. The second-order valence-corrected chi connectivity index (χ2v) is 5.37. The van der Waals surface area contributed by atoms with Gasteiger partial charge in [0.05, 0.1) is 5.56 Å². The van der Waals surface area contributed by atoms with Crippen molar-refractivity contribution in [2.24, 2.45) is 5.41 Å². The highest BCUT2D eigenvalue weighted by Gasteiger charge is 2.41. The second-order valence-electron chi connectivity index (χ2n) is 5.37. The van der Waals surface area contributed by atoms with Gasteiger partial charge in [0, 0.05) is 6.54 Å². The first kappa shape index (κ1) is 13.1. The number of nitrogens with one attached hydrogen (secondary N) is 1. The van der Waals surface area contributed by atoms with Crippen LogP contribution in [0.25, 0.3) is 0 Å². The molecule has 1 saturated carbocycles. The van der Waals surface area contributed by atoms with E-state index >= 15 is 0 Å². The molecule has 3 heteroatoms. The Morgan fingerprint density at radius 2 is 2.17 bits per heavy atom. The van der Waals surface area contributed by atoms with E-state index in [1.54, 1.807) is 19.1 Å². The van der Waals surface area contributed by atoms with Crippen molar-refractivity contribution in [3.8, 4) is 0 Å². The molecule has 1 aliphatic carbocycles. The fourth-order valence-corrected chi connectivity index (χ4v) is 2.41. The highest BCUT2D eigenvalue weighted by molar-refractivity contribution is 5.94. The number of carbonyl (C=O) groups is 1. The van der Waals surface area contributed by atoms with Gasteiger partial charge in [0.1, 0.15) is 5.82 Å². The lowest BCUT2D eigenvalue weighted by Crippen LogP contribution is -2.30. The normalized spacial score (nSPS) is 16.4. The van der Waals surface area contributed by atoms with Gasteiger partial charge in [-0.3, -0.25) is 4.79 Å². The molecular formula is C15H20FNO. The molecule has 0 saturated heterocycles. The van der Waals surface area contributed by atoms with E-state index in [2.05, 4.69) is 12.2 Å². The maximum Gasteiger partial charge on any atom is 0.254 e. The molecule has 1 N–H and O–H groups in total. The summed E-state index contributed by atoms with van der Waals surface area (Å²) in [5.41, 5.74) is 0.963. The molecule has 0 atom stereocenters. The average molecular weight is 249 g/mol. The van der Waals surface area contributed by atoms with Crippen LogP contribution in [0.1, 0.15) is 48.5 Å². The zero-order chi connectivity index (χ0) is 13.2. The molecule has 0 aliphatic heterocycles. The van der Waals surface area contributed by atoms with Crippen molar-refractivity contribution in [3.05, 3.63) is 35.1 Å². The Labute approximate surface area is 108 Å². The number of hydrogen-bond donors (Lipinski definition) is 1. The van der Waals surface area contributed by atoms with Crippen molar-refractivity contribution >= 4 is 5.91 Å². The summed E-state index contributed by atoms with van der Waals surface area (Å²) in [6.07, 6.45) is 4.63. The van der Waals surface area contributed by atoms with E-state index in [4.69, 9.17) is 0 Å². The number of rotatable bonds is 5. The Balaban J connectivity index is 1.98. The average Bonchev–Trinajstić information content (AvgIpc) is 3.11. The van der Waals surface area contributed by atoms with Crippen LogP contribution in [-0.2, 0) is 0 Å². The molecule has 1 aromatic rings. The number of amides is 1. The first-order valence-electron chi connectivity index (χ1n) is 6.61. The summed E-state index contributed by atoms with van der Waals surface area (Å²) in [6.45, 7) is 4.50. The fourth-order valence-electron chi connectivity index (χ4n) is 2.41. The minimum atomic E-state index is -0.407. The van der Waals surface area contributed by atoms with Crippen molar-refractivity contribution in [1.29, 1.82) is 0 Å².